The van der Waals surface area contributed by atoms with E-state index in [0.717, 1.165) is 12.1 Å². The molecule has 1 aromatic carbocycles. The lowest BCUT2D eigenvalue weighted by Crippen LogP contribution is -2.42. The van der Waals surface area contributed by atoms with Gasteiger partial charge in [-0.25, -0.2) is 4.68 Å². The van der Waals surface area contributed by atoms with Gasteiger partial charge in [-0.1, -0.05) is 37.3 Å². The third-order valence-corrected chi connectivity index (χ3v) is 4.87. The van der Waals surface area contributed by atoms with Crippen molar-refractivity contribution >= 4 is 5.91 Å². The molecule has 0 bridgehead atoms. The summed E-state index contributed by atoms with van der Waals surface area (Å²) in [6.07, 6.45) is 1.18. The molecule has 1 saturated carbocycles. The van der Waals surface area contributed by atoms with Crippen LogP contribution in [0.1, 0.15) is 27.2 Å². The van der Waals surface area contributed by atoms with E-state index >= 15 is 0 Å². The van der Waals surface area contributed by atoms with Crippen molar-refractivity contribution in [1.29, 1.82) is 0 Å². The summed E-state index contributed by atoms with van der Waals surface area (Å²) in [7, 11) is 0. The van der Waals surface area contributed by atoms with Gasteiger partial charge in [0.15, 0.2) is 0 Å². The van der Waals surface area contributed by atoms with Crippen LogP contribution >= 0.6 is 0 Å². The summed E-state index contributed by atoms with van der Waals surface area (Å²) >= 11 is 0. The van der Waals surface area contributed by atoms with E-state index < -0.39 is 0 Å². The van der Waals surface area contributed by atoms with Gasteiger partial charge in [-0.3, -0.25) is 9.59 Å². The molecule has 0 aliphatic heterocycles. The maximum atomic E-state index is 12.8. The van der Waals surface area contributed by atoms with Gasteiger partial charge in [0.25, 0.3) is 5.56 Å². The van der Waals surface area contributed by atoms with E-state index in [1.165, 1.54) is 17.2 Å². The highest BCUT2D eigenvalue weighted by Crippen LogP contribution is 2.38. The van der Waals surface area contributed by atoms with Gasteiger partial charge in [0.2, 0.25) is 5.91 Å². The van der Waals surface area contributed by atoms with E-state index in [0.29, 0.717) is 17.5 Å². The van der Waals surface area contributed by atoms with Gasteiger partial charge in [-0.05, 0) is 38.2 Å². The van der Waals surface area contributed by atoms with Crippen LogP contribution in [0, 0.1) is 11.8 Å². The Morgan fingerprint density at radius 2 is 1.92 bits per heavy atom. The monoisotopic (exact) mass is 339 g/mol. The molecule has 0 saturated heterocycles. The highest BCUT2D eigenvalue weighted by Gasteiger charge is 2.35. The molecule has 2 atom stereocenters. The summed E-state index contributed by atoms with van der Waals surface area (Å²) < 4.78 is 1.27. The number of benzene rings is 1. The van der Waals surface area contributed by atoms with Gasteiger partial charge in [0.1, 0.15) is 6.54 Å². The molecule has 1 aromatic heterocycles. The second-order valence-electron chi connectivity index (χ2n) is 7.19. The van der Waals surface area contributed by atoms with Gasteiger partial charge >= 0.3 is 0 Å². The fraction of sp³-hybridized carbons (Fsp3) is 0.450. The molecule has 5 heteroatoms. The van der Waals surface area contributed by atoms with Crippen LogP contribution < -0.4 is 5.56 Å². The lowest BCUT2D eigenvalue weighted by Gasteiger charge is -2.27. The Morgan fingerprint density at radius 1 is 1.24 bits per heavy atom. The molecule has 25 heavy (non-hydrogen) atoms. The van der Waals surface area contributed by atoms with Crippen molar-refractivity contribution in [3.05, 3.63) is 52.8 Å². The number of nitrogens with zero attached hydrogens (tertiary/aromatic N) is 3. The number of carbonyl (C=O) groups excluding carboxylic acids is 1. The van der Waals surface area contributed by atoms with Crippen molar-refractivity contribution in [3.63, 3.8) is 0 Å². The first-order chi connectivity index (χ1) is 12.0. The molecule has 1 aliphatic rings. The van der Waals surface area contributed by atoms with Gasteiger partial charge in [-0.15, -0.1) is 0 Å². The lowest BCUT2D eigenvalue weighted by atomic mass is 10.1. The Morgan fingerprint density at radius 3 is 2.52 bits per heavy atom. The maximum Gasteiger partial charge on any atom is 0.267 e. The van der Waals surface area contributed by atoms with Crippen molar-refractivity contribution in [3.8, 4) is 11.3 Å². The Hall–Kier alpha value is -2.43. The van der Waals surface area contributed by atoms with Crippen LogP contribution in [-0.2, 0) is 11.3 Å². The van der Waals surface area contributed by atoms with Crippen molar-refractivity contribution < 1.29 is 4.79 Å². The van der Waals surface area contributed by atoms with E-state index in [-0.39, 0.29) is 24.1 Å². The number of carbonyl (C=O) groups is 1. The number of hydrogen-bond donors (Lipinski definition) is 0. The second kappa shape index (κ2) is 7.21. The average Bonchev–Trinajstić information content (AvgIpc) is 3.30. The van der Waals surface area contributed by atoms with Gasteiger partial charge < -0.3 is 4.90 Å². The second-order valence-corrected chi connectivity index (χ2v) is 7.19. The van der Waals surface area contributed by atoms with Crippen molar-refractivity contribution in [2.75, 3.05) is 6.54 Å². The molecule has 5 nitrogen and oxygen atoms in total. The van der Waals surface area contributed by atoms with Gasteiger partial charge in [0, 0.05) is 24.2 Å². The summed E-state index contributed by atoms with van der Waals surface area (Å²) in [4.78, 5) is 26.8. The molecule has 3 rings (SSSR count). The molecule has 0 N–H and O–H groups in total. The molecule has 1 heterocycles. The SMILES string of the molecule is CC(C)N(C[C@H]1C[C@H]1C)C(=O)Cn1nc(-c2ccccc2)ccc1=O. The highest BCUT2D eigenvalue weighted by atomic mass is 16.2. The molecular weight excluding hydrogens is 314 g/mol. The van der Waals surface area contributed by atoms with E-state index in [1.807, 2.05) is 49.1 Å². The summed E-state index contributed by atoms with van der Waals surface area (Å²) in [5.74, 6) is 1.23. The Labute approximate surface area is 148 Å². The molecule has 0 radical (unpaired) electrons. The third kappa shape index (κ3) is 4.16. The summed E-state index contributed by atoms with van der Waals surface area (Å²) in [6, 6.07) is 13.0. The maximum absolute atomic E-state index is 12.8. The summed E-state index contributed by atoms with van der Waals surface area (Å²) in [6.45, 7) is 7.00. The van der Waals surface area contributed by atoms with Crippen LogP contribution in [0.3, 0.4) is 0 Å². The zero-order valence-corrected chi connectivity index (χ0v) is 15.1. The normalized spacial score (nSPS) is 19.0. The van der Waals surface area contributed by atoms with Crippen LogP contribution in [0.5, 0.6) is 0 Å². The molecule has 132 valence electrons. The molecule has 1 amide bonds. The summed E-state index contributed by atoms with van der Waals surface area (Å²) in [5.41, 5.74) is 1.37. The highest BCUT2D eigenvalue weighted by molar-refractivity contribution is 5.76. The van der Waals surface area contributed by atoms with Crippen LogP contribution in [-0.4, -0.2) is 33.2 Å². The van der Waals surface area contributed by atoms with Crippen LogP contribution in [0.15, 0.2) is 47.3 Å². The molecule has 0 spiro atoms. The van der Waals surface area contributed by atoms with Gasteiger partial charge in [0.05, 0.1) is 5.69 Å². The van der Waals surface area contributed by atoms with E-state index in [4.69, 9.17) is 0 Å². The Bertz CT molecular complexity index is 798. The minimum absolute atomic E-state index is 0.0151. The fourth-order valence-electron chi connectivity index (χ4n) is 3.05. The number of hydrogen-bond acceptors (Lipinski definition) is 3. The first-order valence-electron chi connectivity index (χ1n) is 8.88. The fourth-order valence-corrected chi connectivity index (χ4v) is 3.05. The number of amides is 1. The smallest absolute Gasteiger partial charge is 0.267 e. The zero-order chi connectivity index (χ0) is 18.0. The lowest BCUT2D eigenvalue weighted by molar-refractivity contribution is -0.134. The zero-order valence-electron chi connectivity index (χ0n) is 15.1. The first-order valence-corrected chi connectivity index (χ1v) is 8.88. The van der Waals surface area contributed by atoms with Crippen molar-refractivity contribution in [2.45, 2.75) is 39.8 Å². The minimum Gasteiger partial charge on any atom is -0.338 e. The molecule has 1 fully saturated rings. The van der Waals surface area contributed by atoms with E-state index in [1.54, 1.807) is 6.07 Å². The van der Waals surface area contributed by atoms with E-state index in [2.05, 4.69) is 12.0 Å². The number of rotatable bonds is 6. The van der Waals surface area contributed by atoms with Crippen LogP contribution in [0.25, 0.3) is 11.3 Å². The molecular formula is C20H25N3O2. The van der Waals surface area contributed by atoms with Crippen LogP contribution in [0.4, 0.5) is 0 Å². The minimum atomic E-state index is -0.253. The standard InChI is InChI=1S/C20H25N3O2/c1-14(2)22(12-17-11-15(17)3)20(25)13-23-19(24)10-9-18(21-23)16-7-5-4-6-8-16/h4-10,14-15,17H,11-13H2,1-3H3/t15-,17-/m1/s1. The topological polar surface area (TPSA) is 55.2 Å². The molecule has 0 unspecified atom stereocenters. The third-order valence-electron chi connectivity index (χ3n) is 4.87. The first kappa shape index (κ1) is 17.4. The van der Waals surface area contributed by atoms with E-state index in [9.17, 15) is 9.59 Å². The predicted octanol–water partition coefficient (Wildman–Crippen LogP) is 2.80. The van der Waals surface area contributed by atoms with Crippen molar-refractivity contribution in [2.24, 2.45) is 11.8 Å². The predicted molar refractivity (Wildman–Crippen MR) is 98.1 cm³/mol. The molecule has 2 aromatic rings. The Kier molecular flexibility index (Phi) is 5.02. The summed E-state index contributed by atoms with van der Waals surface area (Å²) in [5, 5.41) is 4.39. The largest absolute Gasteiger partial charge is 0.338 e. The molecule has 1 aliphatic carbocycles. The van der Waals surface area contributed by atoms with Crippen molar-refractivity contribution in [1.82, 2.24) is 14.7 Å². The number of aromatic nitrogens is 2. The van der Waals surface area contributed by atoms with Crippen LogP contribution in [0.2, 0.25) is 0 Å². The Balaban J connectivity index is 1.79. The quantitative estimate of drug-likeness (QED) is 0.813. The average molecular weight is 339 g/mol. The van der Waals surface area contributed by atoms with Gasteiger partial charge in [-0.2, -0.15) is 5.10 Å².